The highest BCUT2D eigenvalue weighted by atomic mass is 16.5. The first-order valence-corrected chi connectivity index (χ1v) is 12.0. The van der Waals surface area contributed by atoms with Gasteiger partial charge >= 0.3 is 0 Å². The number of rotatable bonds is 11. The Labute approximate surface area is 187 Å². The van der Waals surface area contributed by atoms with Crippen molar-refractivity contribution in [2.75, 3.05) is 46.5 Å². The molecule has 1 heterocycles. The van der Waals surface area contributed by atoms with Crippen molar-refractivity contribution in [2.45, 2.75) is 51.7 Å². The van der Waals surface area contributed by atoms with Gasteiger partial charge in [-0.15, -0.1) is 0 Å². The number of hydrogen-bond donors (Lipinski definition) is 2. The Hall–Kier alpha value is -1.40. The van der Waals surface area contributed by atoms with Gasteiger partial charge in [0.2, 0.25) is 0 Å². The summed E-state index contributed by atoms with van der Waals surface area (Å²) in [5.41, 5.74) is 3.17. The summed E-state index contributed by atoms with van der Waals surface area (Å²) in [6, 6.07) is 8.71. The van der Waals surface area contributed by atoms with Crippen molar-refractivity contribution in [3.8, 4) is 5.75 Å². The van der Waals surface area contributed by atoms with Crippen LogP contribution in [-0.4, -0.2) is 62.6 Å². The number of benzene rings is 1. The van der Waals surface area contributed by atoms with Gasteiger partial charge in [0.15, 0.2) is 0 Å². The van der Waals surface area contributed by atoms with E-state index in [0.29, 0.717) is 37.1 Å². The van der Waals surface area contributed by atoms with Crippen LogP contribution in [0.25, 0.3) is 0 Å². The van der Waals surface area contributed by atoms with Crippen LogP contribution in [0.4, 0.5) is 0 Å². The molecule has 0 aromatic heterocycles. The lowest BCUT2D eigenvalue weighted by Crippen LogP contribution is -2.48. The highest BCUT2D eigenvalue weighted by Gasteiger charge is 2.50. The Balaban J connectivity index is 1.21. The zero-order valence-electron chi connectivity index (χ0n) is 19.5. The minimum Gasteiger partial charge on any atom is -0.497 e. The summed E-state index contributed by atoms with van der Waals surface area (Å²) in [5.74, 6) is 2.41. The number of aliphatic hydroxyl groups excluding tert-OH is 1. The molecule has 1 aromatic carbocycles. The summed E-state index contributed by atoms with van der Waals surface area (Å²) in [7, 11) is 1.70. The fraction of sp³-hybridized carbons (Fsp3) is 0.692. The maximum absolute atomic E-state index is 10.4. The number of nitrogens with one attached hydrogen (secondary N) is 1. The van der Waals surface area contributed by atoms with Crippen molar-refractivity contribution >= 4 is 0 Å². The van der Waals surface area contributed by atoms with Crippen molar-refractivity contribution < 1.29 is 14.6 Å². The van der Waals surface area contributed by atoms with Crippen LogP contribution in [0.5, 0.6) is 5.75 Å². The summed E-state index contributed by atoms with van der Waals surface area (Å²) >= 11 is 0. The van der Waals surface area contributed by atoms with Crippen LogP contribution in [0.3, 0.4) is 0 Å². The van der Waals surface area contributed by atoms with Crippen LogP contribution in [-0.2, 0) is 4.74 Å². The molecule has 172 valence electrons. The van der Waals surface area contributed by atoms with E-state index in [1.165, 1.54) is 36.8 Å². The van der Waals surface area contributed by atoms with Crippen molar-refractivity contribution in [1.29, 1.82) is 0 Å². The van der Waals surface area contributed by atoms with E-state index in [0.717, 1.165) is 31.3 Å². The van der Waals surface area contributed by atoms with E-state index >= 15 is 0 Å². The number of nitrogens with zero attached hydrogens (tertiary/aromatic N) is 1. The van der Waals surface area contributed by atoms with Crippen LogP contribution in [0.2, 0.25) is 0 Å². The van der Waals surface area contributed by atoms with E-state index in [1.54, 1.807) is 7.11 Å². The molecule has 4 atom stereocenters. The highest BCUT2D eigenvalue weighted by Crippen LogP contribution is 2.59. The predicted molar refractivity (Wildman–Crippen MR) is 124 cm³/mol. The molecule has 5 nitrogen and oxygen atoms in total. The molecule has 4 aliphatic rings. The van der Waals surface area contributed by atoms with Crippen LogP contribution < -0.4 is 10.1 Å². The van der Waals surface area contributed by atoms with Gasteiger partial charge in [-0.3, -0.25) is 4.90 Å². The molecule has 31 heavy (non-hydrogen) atoms. The van der Waals surface area contributed by atoms with E-state index in [-0.39, 0.29) is 0 Å². The molecule has 1 saturated heterocycles. The fourth-order valence-electron chi connectivity index (χ4n) is 5.74. The smallest absolute Gasteiger partial charge is 0.118 e. The molecule has 3 aliphatic carbocycles. The quantitative estimate of drug-likeness (QED) is 0.525. The van der Waals surface area contributed by atoms with Gasteiger partial charge in [-0.1, -0.05) is 32.1 Å². The third-order valence-electron chi connectivity index (χ3n) is 7.96. The summed E-state index contributed by atoms with van der Waals surface area (Å²) in [6.45, 7) is 9.48. The van der Waals surface area contributed by atoms with Gasteiger partial charge in [-0.25, -0.2) is 0 Å². The van der Waals surface area contributed by atoms with E-state index in [1.807, 2.05) is 12.1 Å². The molecule has 1 aromatic rings. The lowest BCUT2D eigenvalue weighted by atomic mass is 9.49. The van der Waals surface area contributed by atoms with Crippen LogP contribution in [0, 0.1) is 17.3 Å². The summed E-state index contributed by atoms with van der Waals surface area (Å²) in [6.07, 6.45) is 6.92. The summed E-state index contributed by atoms with van der Waals surface area (Å²) in [4.78, 5) is 2.54. The highest BCUT2D eigenvalue weighted by molar-refractivity contribution is 5.29. The molecule has 0 radical (unpaired) electrons. The third-order valence-corrected chi connectivity index (χ3v) is 7.96. The summed E-state index contributed by atoms with van der Waals surface area (Å²) in [5, 5.41) is 13.9. The Morgan fingerprint density at radius 3 is 2.55 bits per heavy atom. The first-order chi connectivity index (χ1) is 15.0. The maximum Gasteiger partial charge on any atom is 0.118 e. The number of likely N-dealkylation sites (tertiary alicyclic amines) is 1. The average molecular weight is 429 g/mol. The SMILES string of the molecule is COc1ccc([C@H](CNC[C@@H](O)COCC2=CC[C@H]3C[C@@H]2C3(C)C)N2CCCC2)cc1. The molecule has 0 amide bonds. The lowest BCUT2D eigenvalue weighted by molar-refractivity contribution is -0.0235. The molecule has 0 unspecified atom stereocenters. The second-order valence-corrected chi connectivity index (χ2v) is 10.2. The predicted octanol–water partition coefficient (Wildman–Crippen LogP) is 3.79. The molecule has 1 aliphatic heterocycles. The molecule has 5 rings (SSSR count). The van der Waals surface area contributed by atoms with Gasteiger partial charge in [-0.05, 0) is 79.3 Å². The zero-order chi connectivity index (χ0) is 21.8. The largest absolute Gasteiger partial charge is 0.497 e. The first kappa shape index (κ1) is 22.8. The minimum absolute atomic E-state index is 0.322. The topological polar surface area (TPSA) is 54.0 Å². The van der Waals surface area contributed by atoms with Crippen molar-refractivity contribution in [3.05, 3.63) is 41.5 Å². The second kappa shape index (κ2) is 10.0. The molecular weight excluding hydrogens is 388 g/mol. The summed E-state index contributed by atoms with van der Waals surface area (Å²) < 4.78 is 11.2. The third kappa shape index (κ3) is 5.16. The van der Waals surface area contributed by atoms with Gasteiger partial charge in [0.05, 0.1) is 26.4 Å². The van der Waals surface area contributed by atoms with Crippen molar-refractivity contribution in [2.24, 2.45) is 17.3 Å². The van der Waals surface area contributed by atoms with Crippen molar-refractivity contribution in [1.82, 2.24) is 10.2 Å². The standard InChI is InChI=1S/C26H40N2O3/c1-26(2)21-9-6-20(24(26)14-21)17-31-18-22(29)15-27-16-25(28-12-4-5-13-28)19-7-10-23(30-3)11-8-19/h6-8,10-11,21-22,24-25,27,29H,4-5,9,12-18H2,1-3H3/t21-,22+,24-,25-/m0/s1. The molecule has 2 fully saturated rings. The van der Waals surface area contributed by atoms with Crippen LogP contribution in [0.1, 0.15) is 51.1 Å². The Kier molecular flexibility index (Phi) is 7.37. The Morgan fingerprint density at radius 1 is 1.16 bits per heavy atom. The monoisotopic (exact) mass is 428 g/mol. The normalized spacial score (nSPS) is 26.8. The number of hydrogen-bond acceptors (Lipinski definition) is 5. The van der Waals surface area contributed by atoms with Crippen LogP contribution in [0.15, 0.2) is 35.9 Å². The van der Waals surface area contributed by atoms with Gasteiger partial charge in [0, 0.05) is 19.1 Å². The van der Waals surface area contributed by atoms with E-state index < -0.39 is 6.10 Å². The molecule has 2 bridgehead atoms. The Morgan fingerprint density at radius 2 is 1.90 bits per heavy atom. The number of fused-ring (bicyclic) bond motifs is 1. The molecular formula is C26H40N2O3. The van der Waals surface area contributed by atoms with Crippen molar-refractivity contribution in [3.63, 3.8) is 0 Å². The number of aliphatic hydroxyl groups is 1. The van der Waals surface area contributed by atoms with Gasteiger partial charge < -0.3 is 19.9 Å². The zero-order valence-corrected chi connectivity index (χ0v) is 19.5. The number of ether oxygens (including phenoxy) is 2. The Bertz CT molecular complexity index is 740. The number of allylic oxidation sites excluding steroid dienone is 1. The van der Waals surface area contributed by atoms with Gasteiger partial charge in [0.1, 0.15) is 5.75 Å². The maximum atomic E-state index is 10.4. The molecule has 0 spiro atoms. The minimum atomic E-state index is -0.485. The van der Waals surface area contributed by atoms with Gasteiger partial charge in [-0.2, -0.15) is 0 Å². The first-order valence-electron chi connectivity index (χ1n) is 12.0. The molecule has 5 heteroatoms. The van der Waals surface area contributed by atoms with E-state index in [4.69, 9.17) is 9.47 Å². The lowest BCUT2D eigenvalue weighted by Gasteiger charge is -2.56. The molecule has 2 N–H and O–H groups in total. The average Bonchev–Trinajstić information content (AvgIpc) is 3.31. The fourth-order valence-corrected chi connectivity index (χ4v) is 5.74. The van der Waals surface area contributed by atoms with Crippen LogP contribution >= 0.6 is 0 Å². The second-order valence-electron chi connectivity index (χ2n) is 10.2. The molecule has 1 saturated carbocycles. The van der Waals surface area contributed by atoms with E-state index in [2.05, 4.69) is 42.3 Å². The van der Waals surface area contributed by atoms with Gasteiger partial charge in [0.25, 0.3) is 0 Å². The number of methoxy groups -OCH3 is 1. The van der Waals surface area contributed by atoms with E-state index in [9.17, 15) is 5.11 Å².